The SMILES string of the molecule is COC(=O)C1=CO[C@H](C)[C@@H]2CN3CC[C@]4(Nc5ccccc5C4=O)[C@@H]3C[C@H]12. The second kappa shape index (κ2) is 5.83. The Morgan fingerprint density at radius 2 is 2.19 bits per heavy atom. The maximum atomic E-state index is 13.4. The van der Waals surface area contributed by atoms with Crippen LogP contribution in [-0.4, -0.2) is 54.5 Å². The van der Waals surface area contributed by atoms with Crippen molar-refractivity contribution in [2.24, 2.45) is 11.8 Å². The van der Waals surface area contributed by atoms with Crippen LogP contribution in [-0.2, 0) is 14.3 Å². The minimum Gasteiger partial charge on any atom is -0.497 e. The number of Topliss-reactive ketones (excluding diaryl/α,β-unsaturated/α-hetero) is 1. The Morgan fingerprint density at radius 3 is 2.96 bits per heavy atom. The third-order valence-electron chi connectivity index (χ3n) is 7.01. The highest BCUT2D eigenvalue weighted by molar-refractivity contribution is 6.14. The lowest BCUT2D eigenvalue weighted by Crippen LogP contribution is -2.59. The standard InChI is InChI=1S/C21H24N2O4/c1-12-15-10-23-8-7-21(19(24)13-5-3-4-6-17(13)22-21)18(23)9-14(15)16(11-27-12)20(25)26-2/h3-6,11-12,14-15,18,22H,7-10H2,1-2H3/t12-,14+,15+,18+,21+/m1/s1. The number of ketones is 1. The van der Waals surface area contributed by atoms with Gasteiger partial charge in [0.15, 0.2) is 5.78 Å². The van der Waals surface area contributed by atoms with Crippen molar-refractivity contribution in [1.29, 1.82) is 0 Å². The molecular formula is C21H24N2O4. The van der Waals surface area contributed by atoms with Crippen molar-refractivity contribution in [1.82, 2.24) is 4.90 Å². The summed E-state index contributed by atoms with van der Waals surface area (Å²) in [6, 6.07) is 7.83. The number of nitrogens with zero attached hydrogens (tertiary/aromatic N) is 1. The van der Waals surface area contributed by atoms with Crippen molar-refractivity contribution < 1.29 is 19.1 Å². The quantitative estimate of drug-likeness (QED) is 0.767. The molecule has 2 fully saturated rings. The fraction of sp³-hybridized carbons (Fsp3) is 0.524. The van der Waals surface area contributed by atoms with Gasteiger partial charge in [0.2, 0.25) is 0 Å². The van der Waals surface area contributed by atoms with Gasteiger partial charge in [0.05, 0.1) is 25.0 Å². The van der Waals surface area contributed by atoms with Crippen molar-refractivity contribution in [3.05, 3.63) is 41.7 Å². The molecule has 0 unspecified atom stereocenters. The minimum absolute atomic E-state index is 0.0466. The summed E-state index contributed by atoms with van der Waals surface area (Å²) in [6.07, 6.45) is 3.17. The van der Waals surface area contributed by atoms with Gasteiger partial charge in [-0.1, -0.05) is 12.1 Å². The summed E-state index contributed by atoms with van der Waals surface area (Å²) in [5, 5.41) is 3.57. The summed E-state index contributed by atoms with van der Waals surface area (Å²) in [6.45, 7) is 3.77. The lowest BCUT2D eigenvalue weighted by atomic mass is 9.70. The molecule has 0 aromatic heterocycles. The minimum atomic E-state index is -0.586. The molecule has 0 amide bonds. The molecule has 4 aliphatic heterocycles. The van der Waals surface area contributed by atoms with E-state index in [0.29, 0.717) is 5.57 Å². The molecule has 142 valence electrons. The van der Waals surface area contributed by atoms with Gasteiger partial charge in [-0.25, -0.2) is 4.79 Å². The van der Waals surface area contributed by atoms with Gasteiger partial charge in [-0.3, -0.25) is 9.69 Å². The first-order chi connectivity index (χ1) is 13.0. The Bertz CT molecular complexity index is 850. The Morgan fingerprint density at radius 1 is 1.37 bits per heavy atom. The summed E-state index contributed by atoms with van der Waals surface area (Å²) in [5.41, 5.74) is 1.73. The zero-order chi connectivity index (χ0) is 18.8. The van der Waals surface area contributed by atoms with Gasteiger partial charge in [0.25, 0.3) is 0 Å². The van der Waals surface area contributed by atoms with Crippen LogP contribution in [0, 0.1) is 11.8 Å². The molecule has 6 heteroatoms. The van der Waals surface area contributed by atoms with Gasteiger partial charge in [0.1, 0.15) is 5.54 Å². The lowest BCUT2D eigenvalue weighted by molar-refractivity contribution is -0.139. The number of rotatable bonds is 1. The largest absolute Gasteiger partial charge is 0.497 e. The number of nitrogens with one attached hydrogen (secondary N) is 1. The molecule has 1 aromatic carbocycles. The molecule has 0 radical (unpaired) electrons. The number of piperidine rings is 1. The number of anilines is 1. The molecule has 4 heterocycles. The summed E-state index contributed by atoms with van der Waals surface area (Å²) in [5.74, 6) is 0.143. The van der Waals surface area contributed by atoms with E-state index >= 15 is 0 Å². The number of methoxy groups -OCH3 is 1. The fourth-order valence-corrected chi connectivity index (χ4v) is 5.59. The Balaban J connectivity index is 1.50. The van der Waals surface area contributed by atoms with Gasteiger partial charge >= 0.3 is 5.97 Å². The first-order valence-electron chi connectivity index (χ1n) is 9.65. The molecule has 6 nitrogen and oxygen atoms in total. The highest BCUT2D eigenvalue weighted by Crippen LogP contribution is 2.49. The normalized spacial score (nSPS) is 37.0. The summed E-state index contributed by atoms with van der Waals surface area (Å²) in [4.78, 5) is 28.1. The smallest absolute Gasteiger partial charge is 0.337 e. The van der Waals surface area contributed by atoms with E-state index in [4.69, 9.17) is 9.47 Å². The topological polar surface area (TPSA) is 67.9 Å². The second-order valence-corrected chi connectivity index (χ2v) is 8.14. The third-order valence-corrected chi connectivity index (χ3v) is 7.01. The van der Waals surface area contributed by atoms with E-state index in [2.05, 4.69) is 17.1 Å². The first-order valence-corrected chi connectivity index (χ1v) is 9.65. The van der Waals surface area contributed by atoms with E-state index < -0.39 is 5.54 Å². The van der Waals surface area contributed by atoms with Crippen LogP contribution in [0.3, 0.4) is 0 Å². The Hall–Kier alpha value is -2.34. The molecule has 1 aromatic rings. The number of benzene rings is 1. The van der Waals surface area contributed by atoms with Crippen LogP contribution < -0.4 is 5.32 Å². The van der Waals surface area contributed by atoms with Gasteiger partial charge in [-0.05, 0) is 31.9 Å². The van der Waals surface area contributed by atoms with Gasteiger partial charge in [-0.2, -0.15) is 0 Å². The molecule has 0 saturated carbocycles. The number of hydrogen-bond acceptors (Lipinski definition) is 6. The fourth-order valence-electron chi connectivity index (χ4n) is 5.59. The molecule has 4 aliphatic rings. The highest BCUT2D eigenvalue weighted by atomic mass is 16.5. The van der Waals surface area contributed by atoms with Crippen molar-refractivity contribution in [2.75, 3.05) is 25.5 Å². The van der Waals surface area contributed by atoms with Crippen LogP contribution in [0.2, 0.25) is 0 Å². The van der Waals surface area contributed by atoms with Crippen LogP contribution in [0.5, 0.6) is 0 Å². The Kier molecular flexibility index (Phi) is 3.63. The maximum absolute atomic E-state index is 13.4. The van der Waals surface area contributed by atoms with Crippen LogP contribution in [0.25, 0.3) is 0 Å². The molecule has 0 aliphatic carbocycles. The first kappa shape index (κ1) is 16.8. The molecule has 2 saturated heterocycles. The summed E-state index contributed by atoms with van der Waals surface area (Å²) < 4.78 is 10.7. The zero-order valence-electron chi connectivity index (χ0n) is 15.6. The molecule has 5 rings (SSSR count). The number of fused-ring (bicyclic) bond motifs is 4. The summed E-state index contributed by atoms with van der Waals surface area (Å²) >= 11 is 0. The maximum Gasteiger partial charge on any atom is 0.337 e. The predicted octanol–water partition coefficient (Wildman–Crippen LogP) is 2.22. The van der Waals surface area contributed by atoms with Gasteiger partial charge in [0, 0.05) is 42.2 Å². The number of para-hydroxylation sites is 1. The average molecular weight is 368 g/mol. The number of carbonyl (C=O) groups is 2. The van der Waals surface area contributed by atoms with Crippen LogP contribution in [0.15, 0.2) is 36.1 Å². The predicted molar refractivity (Wildman–Crippen MR) is 99.3 cm³/mol. The number of carbonyl (C=O) groups excluding carboxylic acids is 2. The summed E-state index contributed by atoms with van der Waals surface area (Å²) in [7, 11) is 1.40. The molecule has 5 atom stereocenters. The van der Waals surface area contributed by atoms with E-state index in [1.54, 1.807) is 6.26 Å². The molecule has 1 spiro atoms. The Labute approximate surface area is 158 Å². The number of hydrogen-bond donors (Lipinski definition) is 1. The van der Waals surface area contributed by atoms with Crippen LogP contribution in [0.1, 0.15) is 30.1 Å². The average Bonchev–Trinajstić information content (AvgIpc) is 3.19. The molecule has 1 N–H and O–H groups in total. The van der Waals surface area contributed by atoms with Gasteiger partial charge in [-0.15, -0.1) is 0 Å². The number of esters is 1. The number of ether oxygens (including phenoxy) is 2. The molecular weight excluding hydrogens is 344 g/mol. The van der Waals surface area contributed by atoms with E-state index in [1.807, 2.05) is 24.3 Å². The van der Waals surface area contributed by atoms with E-state index in [1.165, 1.54) is 7.11 Å². The second-order valence-electron chi connectivity index (χ2n) is 8.14. The van der Waals surface area contributed by atoms with Crippen molar-refractivity contribution in [3.63, 3.8) is 0 Å². The van der Waals surface area contributed by atoms with Crippen LogP contribution >= 0.6 is 0 Å². The molecule has 27 heavy (non-hydrogen) atoms. The monoisotopic (exact) mass is 368 g/mol. The van der Waals surface area contributed by atoms with E-state index in [-0.39, 0.29) is 35.7 Å². The molecule has 0 bridgehead atoms. The van der Waals surface area contributed by atoms with Crippen molar-refractivity contribution in [3.8, 4) is 0 Å². The van der Waals surface area contributed by atoms with Crippen LogP contribution in [0.4, 0.5) is 5.69 Å². The van der Waals surface area contributed by atoms with Gasteiger partial charge < -0.3 is 14.8 Å². The third kappa shape index (κ3) is 2.22. The van der Waals surface area contributed by atoms with Crippen molar-refractivity contribution >= 4 is 17.4 Å². The lowest BCUT2D eigenvalue weighted by Gasteiger charge is -2.48. The van der Waals surface area contributed by atoms with E-state index in [0.717, 1.165) is 37.2 Å². The highest BCUT2D eigenvalue weighted by Gasteiger charge is 2.60. The zero-order valence-corrected chi connectivity index (χ0v) is 15.6. The van der Waals surface area contributed by atoms with E-state index in [9.17, 15) is 9.59 Å². The van der Waals surface area contributed by atoms with Crippen molar-refractivity contribution in [2.45, 2.75) is 37.5 Å².